The number of fused-ring (bicyclic) bond motifs is 1. The molecule has 0 aliphatic carbocycles. The van der Waals surface area contributed by atoms with Crippen LogP contribution in [-0.4, -0.2) is 51.9 Å². The lowest BCUT2D eigenvalue weighted by Gasteiger charge is -2.35. The van der Waals surface area contributed by atoms with Crippen LogP contribution in [0.3, 0.4) is 0 Å². The van der Waals surface area contributed by atoms with Crippen molar-refractivity contribution in [1.29, 1.82) is 5.26 Å². The van der Waals surface area contributed by atoms with Gasteiger partial charge in [0.1, 0.15) is 41.4 Å². The lowest BCUT2D eigenvalue weighted by atomic mass is 10.0. The lowest BCUT2D eigenvalue weighted by molar-refractivity contribution is -0.130. The highest BCUT2D eigenvalue weighted by Crippen LogP contribution is 2.30. The van der Waals surface area contributed by atoms with Crippen molar-refractivity contribution in [2.24, 2.45) is 0 Å². The average molecular weight is 496 g/mol. The Labute approximate surface area is 206 Å². The Morgan fingerprint density at radius 2 is 1.92 bits per heavy atom. The molecule has 1 saturated heterocycles. The van der Waals surface area contributed by atoms with E-state index < -0.39 is 18.0 Å². The quantitative estimate of drug-likeness (QED) is 0.537. The summed E-state index contributed by atoms with van der Waals surface area (Å²) in [6.45, 7) is 6.37. The van der Waals surface area contributed by atoms with E-state index in [2.05, 4.69) is 20.3 Å². The fraction of sp³-hybridized carbons (Fsp3) is 0.400. The van der Waals surface area contributed by atoms with Crippen LogP contribution in [0.5, 0.6) is 0 Å². The zero-order valence-electron chi connectivity index (χ0n) is 20.3. The van der Waals surface area contributed by atoms with Gasteiger partial charge in [-0.05, 0) is 26.8 Å². The third-order valence-electron chi connectivity index (χ3n) is 6.31. The number of nitrogens with zero attached hydrogens (tertiary/aromatic N) is 5. The number of aryl methyl sites for hydroxylation is 1. The van der Waals surface area contributed by atoms with Crippen molar-refractivity contribution in [2.45, 2.75) is 39.4 Å². The van der Waals surface area contributed by atoms with Gasteiger partial charge in [0.25, 0.3) is 5.56 Å². The number of pyridine rings is 1. The molecule has 11 heteroatoms. The van der Waals surface area contributed by atoms with Crippen molar-refractivity contribution in [3.8, 4) is 6.07 Å². The van der Waals surface area contributed by atoms with E-state index in [1.165, 1.54) is 13.0 Å². The second-order valence-corrected chi connectivity index (χ2v) is 8.80. The van der Waals surface area contributed by atoms with E-state index in [0.717, 1.165) is 0 Å². The molecular weight excluding hydrogens is 468 g/mol. The zero-order valence-corrected chi connectivity index (χ0v) is 20.3. The highest BCUT2D eigenvalue weighted by Gasteiger charge is 2.24. The van der Waals surface area contributed by atoms with Gasteiger partial charge in [0.2, 0.25) is 5.91 Å². The van der Waals surface area contributed by atoms with Crippen molar-refractivity contribution in [3.05, 3.63) is 57.4 Å². The molecule has 0 radical (unpaired) electrons. The van der Waals surface area contributed by atoms with Gasteiger partial charge in [-0.15, -0.1) is 0 Å². The summed E-state index contributed by atoms with van der Waals surface area (Å²) >= 11 is 0. The molecule has 36 heavy (non-hydrogen) atoms. The highest BCUT2D eigenvalue weighted by molar-refractivity contribution is 5.89. The number of piperazine rings is 1. The Morgan fingerprint density at radius 1 is 1.22 bits per heavy atom. The number of H-pyrrole nitrogens is 1. The number of alkyl halides is 1. The van der Waals surface area contributed by atoms with Gasteiger partial charge >= 0.3 is 0 Å². The van der Waals surface area contributed by atoms with Gasteiger partial charge in [-0.2, -0.15) is 5.26 Å². The number of carbonyl (C=O) groups excluding carboxylic acids is 1. The lowest BCUT2D eigenvalue weighted by Crippen LogP contribution is -2.49. The Hall–Kier alpha value is -4.07. The molecule has 2 atom stereocenters. The van der Waals surface area contributed by atoms with Gasteiger partial charge in [-0.25, -0.2) is 18.7 Å². The molecular formula is C25H27F2N7O2. The maximum atomic E-state index is 15.0. The van der Waals surface area contributed by atoms with Crippen molar-refractivity contribution in [3.63, 3.8) is 0 Å². The van der Waals surface area contributed by atoms with Crippen LogP contribution in [-0.2, 0) is 4.79 Å². The van der Waals surface area contributed by atoms with Crippen LogP contribution < -0.4 is 15.8 Å². The van der Waals surface area contributed by atoms with E-state index in [-0.39, 0.29) is 23.5 Å². The standard InChI is InChI=1S/C25H27F2N7O2/c1-14(26)17-5-4-6-18(22(17)27)15(2)29-23-19-13-20(25(36)32-24(19)31-16(3)30-23)33-9-11-34(12-10-33)21(35)7-8-28/h4-6,13-15H,7,9-12H2,1-3H3,(H2,29,30,31,32,36)/t14?,15-/m1/s1. The molecule has 0 bridgehead atoms. The van der Waals surface area contributed by atoms with Crippen LogP contribution in [0, 0.1) is 24.1 Å². The number of halogens is 2. The minimum Gasteiger partial charge on any atom is -0.364 e. The van der Waals surface area contributed by atoms with E-state index in [1.807, 2.05) is 11.0 Å². The summed E-state index contributed by atoms with van der Waals surface area (Å²) in [5.74, 6) is -0.0203. The van der Waals surface area contributed by atoms with Crippen molar-refractivity contribution >= 4 is 28.4 Å². The molecule has 1 fully saturated rings. The van der Waals surface area contributed by atoms with Crippen LogP contribution in [0.1, 0.15) is 49.4 Å². The smallest absolute Gasteiger partial charge is 0.273 e. The Bertz CT molecular complexity index is 1390. The monoisotopic (exact) mass is 495 g/mol. The number of hydrogen-bond donors (Lipinski definition) is 2. The molecule has 3 aromatic rings. The number of anilines is 2. The first-order chi connectivity index (χ1) is 17.2. The number of nitrogens with one attached hydrogen (secondary N) is 2. The van der Waals surface area contributed by atoms with Crippen molar-refractivity contribution in [2.75, 3.05) is 36.4 Å². The maximum Gasteiger partial charge on any atom is 0.273 e. The number of rotatable bonds is 6. The van der Waals surface area contributed by atoms with E-state index in [9.17, 15) is 18.4 Å². The number of benzene rings is 1. The van der Waals surface area contributed by atoms with Gasteiger partial charge in [-0.1, -0.05) is 18.2 Å². The molecule has 1 unspecified atom stereocenters. The van der Waals surface area contributed by atoms with Gasteiger partial charge in [-0.3, -0.25) is 9.59 Å². The van der Waals surface area contributed by atoms with E-state index in [0.29, 0.717) is 60.1 Å². The van der Waals surface area contributed by atoms with Gasteiger partial charge in [0.15, 0.2) is 0 Å². The normalized spacial score (nSPS) is 15.4. The molecule has 2 N–H and O–H groups in total. The summed E-state index contributed by atoms with van der Waals surface area (Å²) in [4.78, 5) is 40.0. The number of aromatic nitrogens is 3. The fourth-order valence-corrected chi connectivity index (χ4v) is 4.40. The van der Waals surface area contributed by atoms with Crippen LogP contribution in [0.25, 0.3) is 11.0 Å². The molecule has 1 aliphatic rings. The molecule has 9 nitrogen and oxygen atoms in total. The summed E-state index contributed by atoms with van der Waals surface area (Å²) in [5, 5.41) is 12.5. The predicted molar refractivity (Wildman–Crippen MR) is 132 cm³/mol. The van der Waals surface area contributed by atoms with Gasteiger partial charge in [0.05, 0.1) is 17.5 Å². The zero-order chi connectivity index (χ0) is 26.0. The molecule has 2 aromatic heterocycles. The molecule has 3 heterocycles. The molecule has 1 aliphatic heterocycles. The Kier molecular flexibility index (Phi) is 7.15. The Morgan fingerprint density at radius 3 is 2.58 bits per heavy atom. The van der Waals surface area contributed by atoms with Crippen LogP contribution in [0.15, 0.2) is 29.1 Å². The summed E-state index contributed by atoms with van der Waals surface area (Å²) in [7, 11) is 0. The third kappa shape index (κ3) is 4.98. The maximum absolute atomic E-state index is 15.0. The summed E-state index contributed by atoms with van der Waals surface area (Å²) < 4.78 is 28.8. The van der Waals surface area contributed by atoms with Crippen LogP contribution >= 0.6 is 0 Å². The predicted octanol–water partition coefficient (Wildman–Crippen LogP) is 3.53. The van der Waals surface area contributed by atoms with E-state index in [1.54, 1.807) is 36.9 Å². The molecule has 1 amide bonds. The van der Waals surface area contributed by atoms with Crippen molar-refractivity contribution < 1.29 is 13.6 Å². The second-order valence-electron chi connectivity index (χ2n) is 8.80. The number of amides is 1. The first kappa shape index (κ1) is 25.0. The Balaban J connectivity index is 1.65. The van der Waals surface area contributed by atoms with E-state index in [4.69, 9.17) is 5.26 Å². The summed E-state index contributed by atoms with van der Waals surface area (Å²) in [6, 6.07) is 7.63. The average Bonchev–Trinajstić information content (AvgIpc) is 2.83. The van der Waals surface area contributed by atoms with E-state index >= 15 is 0 Å². The topological polar surface area (TPSA) is 118 Å². The van der Waals surface area contributed by atoms with Crippen LogP contribution in [0.4, 0.5) is 20.3 Å². The SMILES string of the molecule is Cc1nc(N[C@H](C)c2cccc(C(C)F)c2F)c2cc(N3CCN(C(=O)CC#N)CC3)c(=O)[nH]c2n1. The molecule has 1 aromatic carbocycles. The molecule has 0 spiro atoms. The molecule has 188 valence electrons. The first-order valence-corrected chi connectivity index (χ1v) is 11.7. The van der Waals surface area contributed by atoms with Crippen molar-refractivity contribution in [1.82, 2.24) is 19.9 Å². The molecule has 0 saturated carbocycles. The largest absolute Gasteiger partial charge is 0.364 e. The van der Waals surface area contributed by atoms with Crippen LogP contribution in [0.2, 0.25) is 0 Å². The second kappa shape index (κ2) is 10.3. The summed E-state index contributed by atoms with van der Waals surface area (Å²) in [5.41, 5.74) is 0.693. The van der Waals surface area contributed by atoms with Gasteiger partial charge in [0, 0.05) is 37.3 Å². The minimum atomic E-state index is -1.44. The number of aromatic amines is 1. The highest BCUT2D eigenvalue weighted by atomic mass is 19.1. The number of carbonyl (C=O) groups is 1. The third-order valence-corrected chi connectivity index (χ3v) is 6.31. The van der Waals surface area contributed by atoms with Gasteiger partial charge < -0.3 is 20.1 Å². The minimum absolute atomic E-state index is 0.0103. The fourth-order valence-electron chi connectivity index (χ4n) is 4.40. The number of nitriles is 1. The number of hydrogen-bond acceptors (Lipinski definition) is 7. The first-order valence-electron chi connectivity index (χ1n) is 11.7. The summed E-state index contributed by atoms with van der Waals surface area (Å²) in [6.07, 6.45) is -1.61. The molecule has 4 rings (SSSR count).